The van der Waals surface area contributed by atoms with Crippen LogP contribution in [-0.4, -0.2) is 49.3 Å². The van der Waals surface area contributed by atoms with Crippen LogP contribution in [0.15, 0.2) is 84.0 Å². The highest BCUT2D eigenvalue weighted by molar-refractivity contribution is 6.00. The lowest BCUT2D eigenvalue weighted by molar-refractivity contribution is -0.137. The van der Waals surface area contributed by atoms with Gasteiger partial charge in [0.2, 0.25) is 0 Å². The number of anilines is 1. The highest BCUT2D eigenvalue weighted by Crippen LogP contribution is 2.32. The van der Waals surface area contributed by atoms with E-state index in [1.165, 1.54) is 6.07 Å². The molecule has 0 bridgehead atoms. The van der Waals surface area contributed by atoms with E-state index in [0.29, 0.717) is 50.6 Å². The molecule has 0 radical (unpaired) electrons. The quantitative estimate of drug-likeness (QED) is 0.263. The second-order valence-electron chi connectivity index (χ2n) is 8.88. The third kappa shape index (κ3) is 7.27. The molecule has 1 fully saturated rings. The minimum atomic E-state index is -4.38. The van der Waals surface area contributed by atoms with Gasteiger partial charge in [0, 0.05) is 31.9 Å². The van der Waals surface area contributed by atoms with Crippen molar-refractivity contribution in [1.82, 2.24) is 4.90 Å². The Labute approximate surface area is 220 Å². The van der Waals surface area contributed by atoms with E-state index in [2.05, 4.69) is 5.16 Å². The molecule has 1 saturated heterocycles. The van der Waals surface area contributed by atoms with E-state index < -0.39 is 11.7 Å². The Morgan fingerprint density at radius 1 is 0.921 bits per heavy atom. The number of ether oxygens (including phenoxy) is 1. The lowest BCUT2D eigenvalue weighted by Gasteiger charge is -2.36. The molecule has 0 N–H and O–H groups in total. The summed E-state index contributed by atoms with van der Waals surface area (Å²) in [7, 11) is 0. The Kier molecular flexibility index (Phi) is 8.89. The average molecular weight is 526 g/mol. The van der Waals surface area contributed by atoms with Crippen molar-refractivity contribution in [1.29, 1.82) is 0 Å². The third-order valence-corrected chi connectivity index (χ3v) is 6.30. The lowest BCUT2D eigenvalue weighted by atomic mass is 10.1. The molecule has 0 atom stereocenters. The number of hydrogen-bond acceptors (Lipinski definition) is 5. The lowest BCUT2D eigenvalue weighted by Crippen LogP contribution is -2.50. The summed E-state index contributed by atoms with van der Waals surface area (Å²) in [6.45, 7) is 4.01. The van der Waals surface area contributed by atoms with Gasteiger partial charge in [-0.15, -0.1) is 0 Å². The van der Waals surface area contributed by atoms with Crippen LogP contribution in [0, 0.1) is 0 Å². The van der Waals surface area contributed by atoms with Crippen molar-refractivity contribution < 1.29 is 27.5 Å². The Bertz CT molecular complexity index is 1220. The molecule has 0 aliphatic carbocycles. The van der Waals surface area contributed by atoms with Gasteiger partial charge < -0.3 is 19.4 Å². The zero-order chi connectivity index (χ0) is 27.0. The fraction of sp³-hybridized carbons (Fsp3) is 0.310. The summed E-state index contributed by atoms with van der Waals surface area (Å²) in [5.74, 6) is 0.397. The number of oxime groups is 1. The van der Waals surface area contributed by atoms with Gasteiger partial charge in [-0.3, -0.25) is 4.79 Å². The zero-order valence-corrected chi connectivity index (χ0v) is 21.2. The molecule has 6 nitrogen and oxygen atoms in total. The van der Waals surface area contributed by atoms with E-state index in [9.17, 15) is 18.0 Å². The summed E-state index contributed by atoms with van der Waals surface area (Å²) in [5, 5.41) is 4.27. The molecular weight excluding hydrogens is 495 g/mol. The van der Waals surface area contributed by atoms with Crippen LogP contribution in [0.2, 0.25) is 0 Å². The molecule has 200 valence electrons. The van der Waals surface area contributed by atoms with Crippen molar-refractivity contribution in [2.45, 2.75) is 26.1 Å². The number of carbonyl (C=O) groups is 1. The minimum absolute atomic E-state index is 0.113. The van der Waals surface area contributed by atoms with Gasteiger partial charge in [0.25, 0.3) is 5.91 Å². The molecule has 4 rings (SSSR count). The molecule has 1 amide bonds. The van der Waals surface area contributed by atoms with Crippen molar-refractivity contribution in [3.05, 3.63) is 95.6 Å². The van der Waals surface area contributed by atoms with E-state index in [1.807, 2.05) is 54.3 Å². The fourth-order valence-electron chi connectivity index (χ4n) is 4.15. The van der Waals surface area contributed by atoms with Gasteiger partial charge >= 0.3 is 6.18 Å². The molecule has 3 aromatic rings. The maximum atomic E-state index is 13.0. The molecular formula is C29H30F3N3O3. The van der Waals surface area contributed by atoms with Crippen LogP contribution in [-0.2, 0) is 22.4 Å². The fourth-order valence-corrected chi connectivity index (χ4v) is 4.15. The molecule has 0 aromatic heterocycles. The zero-order valence-electron chi connectivity index (χ0n) is 21.2. The van der Waals surface area contributed by atoms with Gasteiger partial charge in [-0.1, -0.05) is 48.5 Å². The summed E-state index contributed by atoms with van der Waals surface area (Å²) < 4.78 is 44.7. The van der Waals surface area contributed by atoms with Gasteiger partial charge in [-0.25, -0.2) is 0 Å². The molecule has 1 heterocycles. The first-order valence-corrected chi connectivity index (χ1v) is 12.5. The monoisotopic (exact) mass is 525 g/mol. The summed E-state index contributed by atoms with van der Waals surface area (Å²) >= 11 is 0. The highest BCUT2D eigenvalue weighted by Gasteiger charge is 2.31. The number of carbonyl (C=O) groups excluding carboxylic acids is 1. The van der Waals surface area contributed by atoms with E-state index in [0.717, 1.165) is 29.0 Å². The first-order valence-electron chi connectivity index (χ1n) is 12.5. The number of hydrogen-bond donors (Lipinski definition) is 0. The maximum Gasteiger partial charge on any atom is 0.416 e. The molecule has 3 aromatic carbocycles. The van der Waals surface area contributed by atoms with E-state index in [4.69, 9.17) is 9.57 Å². The first-order chi connectivity index (χ1) is 18.3. The van der Waals surface area contributed by atoms with Crippen LogP contribution < -0.4 is 9.64 Å². The van der Waals surface area contributed by atoms with Crippen molar-refractivity contribution in [2.75, 3.05) is 37.7 Å². The highest BCUT2D eigenvalue weighted by atomic mass is 19.4. The van der Waals surface area contributed by atoms with Crippen LogP contribution >= 0.6 is 0 Å². The number of piperazine rings is 1. The first kappa shape index (κ1) is 27.0. The van der Waals surface area contributed by atoms with Crippen molar-refractivity contribution in [2.24, 2.45) is 5.16 Å². The van der Waals surface area contributed by atoms with Gasteiger partial charge in [0.15, 0.2) is 6.61 Å². The predicted molar refractivity (Wildman–Crippen MR) is 140 cm³/mol. The molecule has 9 heteroatoms. The smallest absolute Gasteiger partial charge is 0.416 e. The Morgan fingerprint density at radius 3 is 2.29 bits per heavy atom. The molecule has 0 unspecified atom stereocenters. The maximum absolute atomic E-state index is 13.0. The SMILES string of the molecule is CC/C(=N\OCc1ccccc1)c1ccc(OCC(=O)N2CCN(c3cccc(C(F)(F)F)c3)CC2)cc1. The van der Waals surface area contributed by atoms with Gasteiger partial charge in [0.1, 0.15) is 12.4 Å². The Hall–Kier alpha value is -4.01. The number of amides is 1. The molecule has 1 aliphatic rings. The number of benzene rings is 3. The molecule has 1 aliphatic heterocycles. The van der Waals surface area contributed by atoms with Crippen LogP contribution in [0.3, 0.4) is 0 Å². The standard InChI is InChI=1S/C29H30F3N3O3/c1-2-27(33-38-20-22-7-4-3-5-8-22)23-11-13-26(14-12-23)37-21-28(36)35-17-15-34(16-18-35)25-10-6-9-24(19-25)29(30,31)32/h3-14,19H,2,15-18,20-21H2,1H3/b33-27+. The van der Waals surface area contributed by atoms with Crippen molar-refractivity contribution in [3.8, 4) is 5.75 Å². The normalized spacial score (nSPS) is 14.4. The Balaban J connectivity index is 1.24. The number of halogens is 3. The molecule has 38 heavy (non-hydrogen) atoms. The molecule has 0 saturated carbocycles. The minimum Gasteiger partial charge on any atom is -0.484 e. The second-order valence-corrected chi connectivity index (χ2v) is 8.88. The van der Waals surface area contributed by atoms with Gasteiger partial charge in [-0.05, 0) is 60.0 Å². The van der Waals surface area contributed by atoms with Gasteiger partial charge in [0.05, 0.1) is 11.3 Å². The van der Waals surface area contributed by atoms with Crippen LogP contribution in [0.1, 0.15) is 30.0 Å². The van der Waals surface area contributed by atoms with E-state index >= 15 is 0 Å². The average Bonchev–Trinajstić information content (AvgIpc) is 2.95. The summed E-state index contributed by atoms with van der Waals surface area (Å²) in [4.78, 5) is 21.7. The number of nitrogens with zero attached hydrogens (tertiary/aromatic N) is 3. The van der Waals surface area contributed by atoms with Crippen molar-refractivity contribution in [3.63, 3.8) is 0 Å². The van der Waals surface area contributed by atoms with Crippen LogP contribution in [0.4, 0.5) is 18.9 Å². The summed E-state index contributed by atoms with van der Waals surface area (Å²) in [6, 6.07) is 22.4. The second kappa shape index (κ2) is 12.5. The van der Waals surface area contributed by atoms with E-state index in [1.54, 1.807) is 23.1 Å². The topological polar surface area (TPSA) is 54.4 Å². The Morgan fingerprint density at radius 2 is 1.63 bits per heavy atom. The van der Waals surface area contributed by atoms with E-state index in [-0.39, 0.29) is 12.5 Å². The third-order valence-electron chi connectivity index (χ3n) is 6.30. The van der Waals surface area contributed by atoms with Crippen molar-refractivity contribution >= 4 is 17.3 Å². The summed E-state index contributed by atoms with van der Waals surface area (Å²) in [5.41, 5.74) is 2.58. The largest absolute Gasteiger partial charge is 0.484 e. The predicted octanol–water partition coefficient (Wildman–Crippen LogP) is 5.76. The summed E-state index contributed by atoms with van der Waals surface area (Å²) in [6.07, 6.45) is -3.69. The number of alkyl halides is 3. The van der Waals surface area contributed by atoms with Crippen LogP contribution in [0.5, 0.6) is 5.75 Å². The molecule has 0 spiro atoms. The number of rotatable bonds is 9. The van der Waals surface area contributed by atoms with Crippen LogP contribution in [0.25, 0.3) is 0 Å². The van der Waals surface area contributed by atoms with Gasteiger partial charge in [-0.2, -0.15) is 13.2 Å².